The summed E-state index contributed by atoms with van der Waals surface area (Å²) < 4.78 is 18.0. The molecule has 1 rings (SSSR count). The molecule has 3 heteroatoms. The minimum Gasteiger partial charge on any atom is -0.490 e. The first-order chi connectivity index (χ1) is 6.22. The summed E-state index contributed by atoms with van der Waals surface area (Å²) in [4.78, 5) is 0. The number of rotatable bonds is 4. The fourth-order valence-corrected chi connectivity index (χ4v) is 0.997. The van der Waals surface area contributed by atoms with Crippen molar-refractivity contribution in [3.05, 3.63) is 30.1 Å². The quantitative estimate of drug-likeness (QED) is 0.769. The second-order valence-electron chi connectivity index (χ2n) is 2.88. The van der Waals surface area contributed by atoms with E-state index in [1.807, 2.05) is 6.92 Å². The smallest absolute Gasteiger partial charge is 0.130 e. The average molecular weight is 182 g/mol. The topological polar surface area (TPSA) is 35.2 Å². The van der Waals surface area contributed by atoms with E-state index >= 15 is 0 Å². The van der Waals surface area contributed by atoms with Gasteiger partial charge in [-0.25, -0.2) is 4.39 Å². The number of hydrogen-bond acceptors (Lipinski definition) is 2. The number of hydrogen-bond donors (Lipinski definition) is 1. The third-order valence-electron chi connectivity index (χ3n) is 1.64. The van der Waals surface area contributed by atoms with Gasteiger partial charge in [-0.15, -0.1) is 0 Å². The minimum absolute atomic E-state index is 0.00282. The molecule has 2 nitrogen and oxygen atoms in total. The molecule has 0 aromatic heterocycles. The lowest BCUT2D eigenvalue weighted by Crippen LogP contribution is -2.16. The van der Waals surface area contributed by atoms with Crippen LogP contribution >= 0.6 is 0 Å². The van der Waals surface area contributed by atoms with Crippen LogP contribution in [-0.4, -0.2) is 12.6 Å². The number of nitrogens with two attached hydrogens (primary N) is 1. The molecule has 1 aromatic rings. The van der Waals surface area contributed by atoms with Gasteiger partial charge in [0.15, 0.2) is 0 Å². The van der Waals surface area contributed by atoms with Crippen molar-refractivity contribution in [3.63, 3.8) is 0 Å². The molecule has 0 bridgehead atoms. The van der Waals surface area contributed by atoms with Crippen LogP contribution in [0.2, 0.25) is 0 Å². The van der Waals surface area contributed by atoms with Crippen molar-refractivity contribution in [1.82, 2.24) is 0 Å². The molecule has 0 heterocycles. The minimum atomic E-state index is -0.311. The Morgan fingerprint density at radius 2 is 2.46 bits per heavy atom. The van der Waals surface area contributed by atoms with E-state index in [2.05, 4.69) is 6.07 Å². The maximum absolute atomic E-state index is 12.7. The SMILES string of the molecule is CC(CCN)Oc1[c]ccc(F)c1. The number of halogens is 1. The Hall–Kier alpha value is -1.09. The van der Waals surface area contributed by atoms with Crippen LogP contribution in [-0.2, 0) is 0 Å². The van der Waals surface area contributed by atoms with Gasteiger partial charge < -0.3 is 10.5 Å². The van der Waals surface area contributed by atoms with Crippen LogP contribution in [0.1, 0.15) is 13.3 Å². The predicted molar refractivity (Wildman–Crippen MR) is 49.0 cm³/mol. The molecule has 2 N–H and O–H groups in total. The summed E-state index contributed by atoms with van der Waals surface area (Å²) in [5, 5.41) is 0. The zero-order valence-electron chi connectivity index (χ0n) is 7.59. The second kappa shape index (κ2) is 4.82. The first-order valence-corrected chi connectivity index (χ1v) is 4.26. The Bertz CT molecular complexity index is 265. The third-order valence-corrected chi connectivity index (χ3v) is 1.64. The number of ether oxygens (including phenoxy) is 1. The lowest BCUT2D eigenvalue weighted by atomic mass is 10.3. The molecule has 0 fully saturated rings. The van der Waals surface area contributed by atoms with Gasteiger partial charge in [0.25, 0.3) is 0 Å². The standard InChI is InChI=1S/C10H13FNO/c1-8(5-6-12)13-10-4-2-3-9(11)7-10/h2-3,7-8H,5-6,12H2,1H3. The van der Waals surface area contributed by atoms with E-state index < -0.39 is 0 Å². The van der Waals surface area contributed by atoms with E-state index in [-0.39, 0.29) is 11.9 Å². The van der Waals surface area contributed by atoms with Gasteiger partial charge >= 0.3 is 0 Å². The van der Waals surface area contributed by atoms with Gasteiger partial charge in [0.05, 0.1) is 6.10 Å². The molecule has 1 atom stereocenters. The summed E-state index contributed by atoms with van der Waals surface area (Å²) in [6.07, 6.45) is 0.757. The molecule has 1 unspecified atom stereocenters. The molecule has 0 saturated carbocycles. The van der Waals surface area contributed by atoms with Crippen molar-refractivity contribution in [1.29, 1.82) is 0 Å². The molecule has 13 heavy (non-hydrogen) atoms. The summed E-state index contributed by atoms with van der Waals surface area (Å²) in [5.74, 6) is 0.120. The van der Waals surface area contributed by atoms with E-state index in [0.717, 1.165) is 6.42 Å². The highest BCUT2D eigenvalue weighted by molar-refractivity contribution is 5.20. The molecule has 0 amide bonds. The van der Waals surface area contributed by atoms with Gasteiger partial charge in [-0.2, -0.15) is 0 Å². The second-order valence-corrected chi connectivity index (χ2v) is 2.88. The predicted octanol–water partition coefficient (Wildman–Crippen LogP) is 1.74. The third kappa shape index (κ3) is 3.42. The molecule has 0 aliphatic carbocycles. The maximum atomic E-state index is 12.7. The van der Waals surface area contributed by atoms with Crippen LogP contribution in [0.5, 0.6) is 5.75 Å². The van der Waals surface area contributed by atoms with Gasteiger partial charge in [-0.3, -0.25) is 0 Å². The first kappa shape index (κ1) is 9.99. The Morgan fingerprint density at radius 3 is 3.08 bits per heavy atom. The van der Waals surface area contributed by atoms with Crippen molar-refractivity contribution in [3.8, 4) is 5.75 Å². The average Bonchev–Trinajstić information content (AvgIpc) is 2.04. The maximum Gasteiger partial charge on any atom is 0.130 e. The van der Waals surface area contributed by atoms with E-state index in [4.69, 9.17) is 10.5 Å². The molecule has 0 spiro atoms. The highest BCUT2D eigenvalue weighted by atomic mass is 19.1. The van der Waals surface area contributed by atoms with Crippen LogP contribution in [0, 0.1) is 11.9 Å². The monoisotopic (exact) mass is 182 g/mol. The normalized spacial score (nSPS) is 12.5. The van der Waals surface area contributed by atoms with Gasteiger partial charge in [-0.05, 0) is 32.0 Å². The van der Waals surface area contributed by atoms with E-state index in [9.17, 15) is 4.39 Å². The summed E-state index contributed by atoms with van der Waals surface area (Å²) in [5.41, 5.74) is 5.35. The van der Waals surface area contributed by atoms with Crippen molar-refractivity contribution in [2.45, 2.75) is 19.4 Å². The van der Waals surface area contributed by atoms with Crippen molar-refractivity contribution in [2.75, 3.05) is 6.54 Å². The lowest BCUT2D eigenvalue weighted by Gasteiger charge is -2.12. The molecule has 0 aliphatic rings. The highest BCUT2D eigenvalue weighted by Crippen LogP contribution is 2.13. The van der Waals surface area contributed by atoms with E-state index in [1.165, 1.54) is 18.2 Å². The summed E-state index contributed by atoms with van der Waals surface area (Å²) in [6.45, 7) is 2.46. The highest BCUT2D eigenvalue weighted by Gasteiger charge is 2.03. The van der Waals surface area contributed by atoms with Crippen LogP contribution in [0.3, 0.4) is 0 Å². The van der Waals surface area contributed by atoms with Crippen LogP contribution in [0.25, 0.3) is 0 Å². The van der Waals surface area contributed by atoms with Gasteiger partial charge in [-0.1, -0.05) is 0 Å². The van der Waals surface area contributed by atoms with Crippen molar-refractivity contribution < 1.29 is 9.13 Å². The van der Waals surface area contributed by atoms with Gasteiger partial charge in [0.1, 0.15) is 11.6 Å². The molecule has 71 valence electrons. The largest absolute Gasteiger partial charge is 0.490 e. The molecule has 1 radical (unpaired) electrons. The molecule has 1 aromatic carbocycles. The van der Waals surface area contributed by atoms with Gasteiger partial charge in [0, 0.05) is 12.1 Å². The van der Waals surface area contributed by atoms with E-state index in [0.29, 0.717) is 12.3 Å². The molecular weight excluding hydrogens is 169 g/mol. The lowest BCUT2D eigenvalue weighted by molar-refractivity contribution is 0.212. The first-order valence-electron chi connectivity index (χ1n) is 4.26. The van der Waals surface area contributed by atoms with Gasteiger partial charge in [0.2, 0.25) is 0 Å². The van der Waals surface area contributed by atoms with Crippen molar-refractivity contribution in [2.24, 2.45) is 5.73 Å². The molecule has 0 aliphatic heterocycles. The summed E-state index contributed by atoms with van der Waals surface area (Å²) in [6, 6.07) is 6.94. The fraction of sp³-hybridized carbons (Fsp3) is 0.400. The number of benzene rings is 1. The van der Waals surface area contributed by atoms with Crippen LogP contribution in [0.4, 0.5) is 4.39 Å². The molecule has 0 saturated heterocycles. The van der Waals surface area contributed by atoms with Crippen molar-refractivity contribution >= 4 is 0 Å². The Kier molecular flexibility index (Phi) is 3.71. The Balaban J connectivity index is 2.53. The van der Waals surface area contributed by atoms with E-state index in [1.54, 1.807) is 0 Å². The fourth-order valence-electron chi connectivity index (χ4n) is 0.997. The summed E-state index contributed by atoms with van der Waals surface area (Å²) in [7, 11) is 0. The summed E-state index contributed by atoms with van der Waals surface area (Å²) >= 11 is 0. The zero-order chi connectivity index (χ0) is 9.68. The molecular formula is C10H13FNO. The Labute approximate surface area is 77.5 Å². The zero-order valence-corrected chi connectivity index (χ0v) is 7.59. The van der Waals surface area contributed by atoms with Crippen LogP contribution < -0.4 is 10.5 Å². The van der Waals surface area contributed by atoms with Crippen LogP contribution in [0.15, 0.2) is 18.2 Å². The Morgan fingerprint density at radius 1 is 1.69 bits per heavy atom.